The van der Waals surface area contributed by atoms with E-state index in [0.29, 0.717) is 0 Å². The van der Waals surface area contributed by atoms with E-state index in [9.17, 15) is 4.79 Å². The summed E-state index contributed by atoms with van der Waals surface area (Å²) >= 11 is 0. The van der Waals surface area contributed by atoms with Crippen molar-refractivity contribution in [3.63, 3.8) is 0 Å². The second-order valence-corrected chi connectivity index (χ2v) is 4.30. The van der Waals surface area contributed by atoms with Gasteiger partial charge >= 0.3 is 0 Å². The predicted octanol–water partition coefficient (Wildman–Crippen LogP) is 1.72. The first-order valence-electron chi connectivity index (χ1n) is 5.57. The monoisotopic (exact) mass is 199 g/mol. The van der Waals surface area contributed by atoms with Gasteiger partial charge < -0.3 is 10.1 Å². The lowest BCUT2D eigenvalue weighted by Gasteiger charge is -2.07. The number of carbonyl (C=O) groups is 1. The van der Waals surface area contributed by atoms with Crippen LogP contribution in [0.25, 0.3) is 0 Å². The van der Waals surface area contributed by atoms with Crippen LogP contribution in [0.1, 0.15) is 39.5 Å². The molecule has 0 bridgehead atoms. The third-order valence-corrected chi connectivity index (χ3v) is 2.36. The van der Waals surface area contributed by atoms with E-state index in [1.807, 2.05) is 13.8 Å². The van der Waals surface area contributed by atoms with E-state index in [4.69, 9.17) is 4.74 Å². The predicted molar refractivity (Wildman–Crippen MR) is 56.1 cm³/mol. The Morgan fingerprint density at radius 2 is 2.21 bits per heavy atom. The van der Waals surface area contributed by atoms with Crippen molar-refractivity contribution < 1.29 is 9.53 Å². The molecule has 0 aromatic rings. The molecule has 0 aliphatic heterocycles. The number of nitrogens with one attached hydrogen (secondary N) is 1. The van der Waals surface area contributed by atoms with Crippen LogP contribution in [-0.4, -0.2) is 25.2 Å². The first-order chi connectivity index (χ1) is 6.68. The van der Waals surface area contributed by atoms with Gasteiger partial charge in [0.05, 0.1) is 6.10 Å². The first-order valence-corrected chi connectivity index (χ1v) is 5.57. The molecule has 1 rings (SSSR count). The minimum Gasteiger partial charge on any atom is -0.369 e. The van der Waals surface area contributed by atoms with Crippen molar-refractivity contribution in [1.29, 1.82) is 0 Å². The highest BCUT2D eigenvalue weighted by Crippen LogP contribution is 2.33. The zero-order valence-electron chi connectivity index (χ0n) is 9.21. The molecular weight excluding hydrogens is 178 g/mol. The number of rotatable bonds is 7. The molecule has 1 aliphatic carbocycles. The first kappa shape index (κ1) is 11.5. The topological polar surface area (TPSA) is 38.3 Å². The van der Waals surface area contributed by atoms with E-state index in [-0.39, 0.29) is 18.6 Å². The normalized spacial score (nSPS) is 15.9. The molecular formula is C11H21NO2. The van der Waals surface area contributed by atoms with Crippen LogP contribution in [0, 0.1) is 5.92 Å². The summed E-state index contributed by atoms with van der Waals surface area (Å²) in [5.41, 5.74) is 0. The number of amides is 1. The van der Waals surface area contributed by atoms with Gasteiger partial charge in [-0.1, -0.05) is 12.8 Å². The standard InChI is InChI=1S/C11H21NO2/c1-9(2)14-8-11(13)12-7-3-4-10-5-6-10/h9-10H,3-8H2,1-2H3,(H,12,13). The quantitative estimate of drug-likeness (QED) is 0.634. The highest BCUT2D eigenvalue weighted by atomic mass is 16.5. The molecule has 1 aliphatic rings. The van der Waals surface area contributed by atoms with Gasteiger partial charge in [-0.25, -0.2) is 0 Å². The Labute approximate surface area is 86.2 Å². The Morgan fingerprint density at radius 3 is 2.79 bits per heavy atom. The maximum atomic E-state index is 11.2. The molecule has 0 radical (unpaired) electrons. The van der Waals surface area contributed by atoms with Crippen molar-refractivity contribution in [2.24, 2.45) is 5.92 Å². The molecule has 0 atom stereocenters. The van der Waals surface area contributed by atoms with Crippen molar-refractivity contribution in [3.05, 3.63) is 0 Å². The molecule has 1 N–H and O–H groups in total. The van der Waals surface area contributed by atoms with Crippen molar-refractivity contribution in [1.82, 2.24) is 5.32 Å². The van der Waals surface area contributed by atoms with Crippen molar-refractivity contribution in [2.75, 3.05) is 13.2 Å². The van der Waals surface area contributed by atoms with Crippen LogP contribution in [0.2, 0.25) is 0 Å². The van der Waals surface area contributed by atoms with Gasteiger partial charge in [0.1, 0.15) is 6.61 Å². The Hall–Kier alpha value is -0.570. The third kappa shape index (κ3) is 5.97. The molecule has 0 saturated heterocycles. The van der Waals surface area contributed by atoms with Gasteiger partial charge in [-0.3, -0.25) is 4.79 Å². The zero-order valence-corrected chi connectivity index (χ0v) is 9.21. The van der Waals surface area contributed by atoms with Crippen LogP contribution >= 0.6 is 0 Å². The van der Waals surface area contributed by atoms with Gasteiger partial charge in [0.2, 0.25) is 5.91 Å². The largest absolute Gasteiger partial charge is 0.369 e. The molecule has 0 aromatic heterocycles. The summed E-state index contributed by atoms with van der Waals surface area (Å²) < 4.78 is 5.18. The third-order valence-electron chi connectivity index (χ3n) is 2.36. The highest BCUT2D eigenvalue weighted by Gasteiger charge is 2.19. The molecule has 3 heteroatoms. The summed E-state index contributed by atoms with van der Waals surface area (Å²) in [5, 5.41) is 2.86. The van der Waals surface area contributed by atoms with Gasteiger partial charge in [0, 0.05) is 6.54 Å². The molecule has 1 amide bonds. The summed E-state index contributed by atoms with van der Waals surface area (Å²) in [6.45, 7) is 4.86. The summed E-state index contributed by atoms with van der Waals surface area (Å²) in [6.07, 6.45) is 5.30. The van der Waals surface area contributed by atoms with Crippen molar-refractivity contribution in [3.8, 4) is 0 Å². The van der Waals surface area contributed by atoms with Crippen LogP contribution < -0.4 is 5.32 Å². The second-order valence-electron chi connectivity index (χ2n) is 4.30. The van der Waals surface area contributed by atoms with Gasteiger partial charge in [-0.05, 0) is 32.6 Å². The summed E-state index contributed by atoms with van der Waals surface area (Å²) in [5.74, 6) is 0.966. The molecule has 1 saturated carbocycles. The molecule has 0 spiro atoms. The maximum absolute atomic E-state index is 11.2. The Balaban J connectivity index is 1.86. The fourth-order valence-corrected chi connectivity index (χ4v) is 1.32. The summed E-state index contributed by atoms with van der Waals surface area (Å²) in [6, 6.07) is 0. The van der Waals surface area contributed by atoms with Crippen molar-refractivity contribution in [2.45, 2.75) is 45.6 Å². The lowest BCUT2D eigenvalue weighted by atomic mass is 10.2. The SMILES string of the molecule is CC(C)OCC(=O)NCCCC1CC1. The number of hydrogen-bond acceptors (Lipinski definition) is 2. The Kier molecular flexibility index (Phi) is 4.94. The van der Waals surface area contributed by atoms with Gasteiger partial charge in [0.25, 0.3) is 0 Å². The minimum absolute atomic E-state index is 0.00879. The van der Waals surface area contributed by atoms with Gasteiger partial charge in [-0.2, -0.15) is 0 Å². The Morgan fingerprint density at radius 1 is 1.50 bits per heavy atom. The summed E-state index contributed by atoms with van der Waals surface area (Å²) in [4.78, 5) is 11.2. The van der Waals surface area contributed by atoms with E-state index < -0.39 is 0 Å². The van der Waals surface area contributed by atoms with Crippen molar-refractivity contribution >= 4 is 5.91 Å². The molecule has 82 valence electrons. The molecule has 0 heterocycles. The molecule has 0 unspecified atom stereocenters. The second kappa shape index (κ2) is 6.02. The molecule has 3 nitrogen and oxygen atoms in total. The van der Waals surface area contributed by atoms with E-state index in [1.54, 1.807) is 0 Å². The number of hydrogen-bond donors (Lipinski definition) is 1. The average molecular weight is 199 g/mol. The fourth-order valence-electron chi connectivity index (χ4n) is 1.32. The van der Waals surface area contributed by atoms with E-state index in [0.717, 1.165) is 18.9 Å². The Bertz CT molecular complexity index is 176. The fraction of sp³-hybridized carbons (Fsp3) is 0.909. The maximum Gasteiger partial charge on any atom is 0.246 e. The van der Waals surface area contributed by atoms with Crippen LogP contribution in [-0.2, 0) is 9.53 Å². The minimum atomic E-state index is 0.00879. The lowest BCUT2D eigenvalue weighted by molar-refractivity contribution is -0.127. The molecule has 1 fully saturated rings. The van der Waals surface area contributed by atoms with Gasteiger partial charge in [-0.15, -0.1) is 0 Å². The van der Waals surface area contributed by atoms with E-state index in [1.165, 1.54) is 19.3 Å². The van der Waals surface area contributed by atoms with Gasteiger partial charge in [0.15, 0.2) is 0 Å². The van der Waals surface area contributed by atoms with Crippen LogP contribution in [0.5, 0.6) is 0 Å². The lowest BCUT2D eigenvalue weighted by Crippen LogP contribution is -2.29. The molecule has 0 aromatic carbocycles. The van der Waals surface area contributed by atoms with Crippen LogP contribution in [0.3, 0.4) is 0 Å². The summed E-state index contributed by atoms with van der Waals surface area (Å²) in [7, 11) is 0. The van der Waals surface area contributed by atoms with Crippen LogP contribution in [0.4, 0.5) is 0 Å². The van der Waals surface area contributed by atoms with E-state index >= 15 is 0 Å². The smallest absolute Gasteiger partial charge is 0.246 e. The van der Waals surface area contributed by atoms with E-state index in [2.05, 4.69) is 5.32 Å². The molecule has 14 heavy (non-hydrogen) atoms. The highest BCUT2D eigenvalue weighted by molar-refractivity contribution is 5.77. The zero-order chi connectivity index (χ0) is 10.4. The number of ether oxygens (including phenoxy) is 1. The average Bonchev–Trinajstić information content (AvgIpc) is 2.92. The van der Waals surface area contributed by atoms with Crippen LogP contribution in [0.15, 0.2) is 0 Å². The number of carbonyl (C=O) groups excluding carboxylic acids is 1.